The summed E-state index contributed by atoms with van der Waals surface area (Å²) < 4.78 is 60.4. The largest absolute Gasteiger partial charge is 0.504 e. The lowest BCUT2D eigenvalue weighted by atomic mass is 9.53. The van der Waals surface area contributed by atoms with Crippen LogP contribution in [0.5, 0.6) is 0 Å². The van der Waals surface area contributed by atoms with Crippen LogP contribution < -0.4 is 0 Å². The molecule has 8 rings (SSSR count). The van der Waals surface area contributed by atoms with Crippen LogP contribution in [0, 0.1) is 52.3 Å². The summed E-state index contributed by atoms with van der Waals surface area (Å²) in [6.45, 7) is 18.8. The number of aliphatic hydroxyl groups is 3. The molecule has 4 aliphatic heterocycles. The minimum absolute atomic E-state index is 0.0196. The summed E-state index contributed by atoms with van der Waals surface area (Å²) in [7, 11) is 11.7. The van der Waals surface area contributed by atoms with E-state index in [1.807, 2.05) is 82.0 Å². The maximum Gasteiger partial charge on any atom is 0.340 e. The SMILES string of the molecule is COC[C@H]1OC(=O)/C(=C/N(C)CCCN(C)C)C2=C(O)C(=O)C3=C([C@H](OC(C)=O)C[C@]4(C)[C@@H](OC(=O)CCCCCCC(=O)O[C@@H]5CC[C@@H](C[C@@H](C)[C@@H]6CC(=O)[C@H](C)/C=C(/C)[C@@H](O)[C@@H](OC)C(=O)[C@H](C)C[C@H](C)\C=C/C=C\C=C(\C)[C@@H](OC)C[C@@H]7CC[C@@H](C)[C@@](O)(O7)C(=O)C(=O)N7CCCC[C@H]7C(=O)O6)C[C@H]5OC)CC[C@@H]34)[C@]21C. The zero-order chi connectivity index (χ0) is 83.8. The molecule has 0 radical (unpaired) electrons. The molecule has 3 saturated heterocycles. The zero-order valence-electron chi connectivity index (χ0n) is 70.7. The highest BCUT2D eigenvalue weighted by Crippen LogP contribution is 2.64. The monoisotopic (exact) mass is 1600 g/mol. The second kappa shape index (κ2) is 41.4. The molecular formula is C88H131N3O23. The van der Waals surface area contributed by atoms with E-state index < -0.39 is 166 Å². The van der Waals surface area contributed by atoms with Crippen molar-refractivity contribution in [2.24, 2.45) is 52.3 Å². The van der Waals surface area contributed by atoms with Crippen molar-refractivity contribution in [1.29, 1.82) is 0 Å². The Hall–Kier alpha value is -7.04. The number of esters is 5. The molecule has 26 nitrogen and oxygen atoms in total. The van der Waals surface area contributed by atoms with E-state index in [9.17, 15) is 63.3 Å². The van der Waals surface area contributed by atoms with Crippen molar-refractivity contribution in [3.63, 3.8) is 0 Å². The first-order chi connectivity index (χ1) is 54.0. The Labute approximate surface area is 674 Å². The molecule has 0 aromatic heterocycles. The molecule has 5 fully saturated rings. The van der Waals surface area contributed by atoms with Crippen LogP contribution in [0.15, 0.2) is 81.9 Å². The molecule has 0 aromatic carbocycles. The number of allylic oxidation sites excluding steroid dienone is 7. The molecule has 0 spiro atoms. The highest BCUT2D eigenvalue weighted by Gasteiger charge is 2.66. The lowest BCUT2D eigenvalue weighted by Crippen LogP contribution is -2.61. The highest BCUT2D eigenvalue weighted by atomic mass is 16.6. The quantitative estimate of drug-likeness (QED) is 0.0214. The molecule has 0 unspecified atom stereocenters. The van der Waals surface area contributed by atoms with Crippen LogP contribution in [0.3, 0.4) is 0 Å². The Balaban J connectivity index is 0.888. The van der Waals surface area contributed by atoms with E-state index in [4.69, 9.17) is 47.4 Å². The number of ketones is 4. The molecule has 1 amide bonds. The fraction of sp³-hybridized carbons (Fsp3) is 0.727. The van der Waals surface area contributed by atoms with Gasteiger partial charge in [0.25, 0.3) is 11.7 Å². The maximum atomic E-state index is 14.9. The van der Waals surface area contributed by atoms with Crippen LogP contribution in [-0.4, -0.2) is 238 Å². The Morgan fingerprint density at radius 2 is 1.46 bits per heavy atom. The van der Waals surface area contributed by atoms with Gasteiger partial charge in [0.05, 0.1) is 35.9 Å². The Bertz CT molecular complexity index is 3680. The predicted molar refractivity (Wildman–Crippen MR) is 423 cm³/mol. The molecule has 4 heterocycles. The van der Waals surface area contributed by atoms with Crippen LogP contribution in [0.1, 0.15) is 210 Å². The van der Waals surface area contributed by atoms with Gasteiger partial charge in [-0.3, -0.25) is 38.4 Å². The lowest BCUT2D eigenvalue weighted by Gasteiger charge is -2.54. The van der Waals surface area contributed by atoms with Crippen LogP contribution in [-0.2, 0) is 95.3 Å². The number of Topliss-reactive ketones (excluding diaryl/α,β-unsaturated/α-hetero) is 4. The Kier molecular flexibility index (Phi) is 33.6. The highest BCUT2D eigenvalue weighted by molar-refractivity contribution is 6.39. The predicted octanol–water partition coefficient (Wildman–Crippen LogP) is 10.8. The van der Waals surface area contributed by atoms with Gasteiger partial charge in [-0.25, -0.2) is 9.59 Å². The van der Waals surface area contributed by atoms with Crippen LogP contribution in [0.4, 0.5) is 0 Å². The first kappa shape index (κ1) is 92.5. The van der Waals surface area contributed by atoms with Crippen molar-refractivity contribution in [3.8, 4) is 0 Å². The normalized spacial score (nSPS) is 36.1. The number of cyclic esters (lactones) is 2. The fourth-order valence-electron chi connectivity index (χ4n) is 18.9. The molecule has 0 aromatic rings. The number of unbranched alkanes of at least 4 members (excludes halogenated alkanes) is 3. The maximum absolute atomic E-state index is 14.9. The molecule has 4 aliphatic carbocycles. The van der Waals surface area contributed by atoms with Gasteiger partial charge in [-0.1, -0.05) is 90.8 Å². The van der Waals surface area contributed by atoms with Crippen molar-refractivity contribution in [1.82, 2.24) is 14.7 Å². The second-order valence-corrected chi connectivity index (χ2v) is 34.5. The van der Waals surface area contributed by atoms with Crippen molar-refractivity contribution in [3.05, 3.63) is 81.9 Å². The Morgan fingerprint density at radius 3 is 2.11 bits per heavy atom. The summed E-state index contributed by atoms with van der Waals surface area (Å²) in [5, 5.41) is 36.0. The fourth-order valence-corrected chi connectivity index (χ4v) is 18.9. The number of hydrogen-bond donors (Lipinski definition) is 3. The van der Waals surface area contributed by atoms with Gasteiger partial charge in [0, 0.05) is 122 Å². The van der Waals surface area contributed by atoms with Gasteiger partial charge in [0.2, 0.25) is 11.6 Å². The number of aliphatic hydroxyl groups excluding tert-OH is 2. The van der Waals surface area contributed by atoms with Gasteiger partial charge < -0.3 is 77.4 Å². The summed E-state index contributed by atoms with van der Waals surface area (Å²) in [4.78, 5) is 147. The molecular weight excluding hydrogens is 1470 g/mol. The number of nitrogens with zero attached hydrogens (tertiary/aromatic N) is 3. The van der Waals surface area contributed by atoms with Crippen LogP contribution in [0.25, 0.3) is 0 Å². The molecule has 114 heavy (non-hydrogen) atoms. The molecule has 8 aliphatic rings. The Morgan fingerprint density at radius 1 is 0.754 bits per heavy atom. The first-order valence-electron chi connectivity index (χ1n) is 41.5. The summed E-state index contributed by atoms with van der Waals surface area (Å²) >= 11 is 0. The van der Waals surface area contributed by atoms with Gasteiger partial charge in [-0.2, -0.15) is 0 Å². The van der Waals surface area contributed by atoms with E-state index >= 15 is 0 Å². The van der Waals surface area contributed by atoms with Crippen molar-refractivity contribution in [2.75, 3.05) is 75.8 Å². The number of methoxy groups -OCH3 is 4. The number of hydrogen-bond acceptors (Lipinski definition) is 25. The summed E-state index contributed by atoms with van der Waals surface area (Å²) in [6, 6.07) is -1.23. The topological polar surface area (TPSA) is 333 Å². The smallest absolute Gasteiger partial charge is 0.340 e. The number of carbonyl (C=O) groups excluding carboxylic acids is 10. The number of ether oxygens (including phenoxy) is 10. The van der Waals surface area contributed by atoms with Gasteiger partial charge in [-0.15, -0.1) is 0 Å². The minimum atomic E-state index is -2.50. The summed E-state index contributed by atoms with van der Waals surface area (Å²) in [5.74, 6) is -12.8. The van der Waals surface area contributed by atoms with Crippen LogP contribution in [0.2, 0.25) is 0 Å². The third kappa shape index (κ3) is 22.0. The third-order valence-corrected chi connectivity index (χ3v) is 25.6. The van der Waals surface area contributed by atoms with Gasteiger partial charge in [-0.05, 0) is 185 Å². The summed E-state index contributed by atoms with van der Waals surface area (Å²) in [5.41, 5.74) is -0.268. The van der Waals surface area contributed by atoms with Crippen molar-refractivity contribution < 1.29 is 111 Å². The van der Waals surface area contributed by atoms with Gasteiger partial charge >= 0.3 is 29.8 Å². The van der Waals surface area contributed by atoms with E-state index in [2.05, 4.69) is 0 Å². The average Bonchev–Trinajstić information content (AvgIpc) is 1.16. The van der Waals surface area contributed by atoms with Crippen molar-refractivity contribution in [2.45, 2.75) is 283 Å². The number of rotatable bonds is 23. The number of amides is 1. The van der Waals surface area contributed by atoms with Crippen molar-refractivity contribution >= 4 is 58.9 Å². The van der Waals surface area contributed by atoms with Gasteiger partial charge in [0.15, 0.2) is 11.5 Å². The second-order valence-electron chi connectivity index (χ2n) is 34.5. The van der Waals surface area contributed by atoms with Crippen LogP contribution >= 0.6 is 0 Å². The molecule has 26 heteroatoms. The average molecular weight is 1600 g/mol. The van der Waals surface area contributed by atoms with Gasteiger partial charge in [0.1, 0.15) is 54.6 Å². The van der Waals surface area contributed by atoms with E-state index in [1.54, 1.807) is 68.2 Å². The third-order valence-electron chi connectivity index (χ3n) is 25.6. The summed E-state index contributed by atoms with van der Waals surface area (Å²) in [6.07, 6.45) is 12.7. The minimum Gasteiger partial charge on any atom is -0.504 e. The molecule has 2 bridgehead atoms. The van der Waals surface area contributed by atoms with E-state index in [1.165, 1.54) is 26.0 Å². The number of fused-ring (bicyclic) bond motifs is 7. The first-order valence-corrected chi connectivity index (χ1v) is 41.5. The molecule has 3 N–H and O–H groups in total. The number of carbonyl (C=O) groups is 10. The number of piperidine rings is 1. The lowest BCUT2D eigenvalue weighted by molar-refractivity contribution is -0.265. The van der Waals surface area contributed by atoms with E-state index in [0.29, 0.717) is 114 Å². The standard InChI is InChI=1S/C88H131N3O23/c1-51-28-21-20-22-29-52(2)66(106-15)46-60-35-33-57(7)88(104,114-60)82(100)83(101)91-41-26-25-30-63(91)85(103)111-67(47-64(93)53(3)43-56(6)78(97)81(108-17)77(96)55(5)42-51)54(4)44-59-34-37-65(68(45-59)107-16)110-72(94)31-23-18-19-24-32-73(95)112-70-38-36-62-74-76(69(109-58(8)92)48-86(62,70)9)87(10)71(50-105-14)113-84(102)61(75(87)80(99)79(74)98)49-90(13)40-27-39-89(11)12/h20-22,28-29,43,49,51,53-55,57,59-60,62-63,65-71,78,81,97,99,104H,18-19,23-27,30-42,44-48,50H2,1-17H3/b22-20-,28-21-,52-29-,56-43-,61-49+/t51-,53-,54-,55-,57-,59+,60+,62+,63+,65-,66+,67+,68-,69-,70+,71-,78-,81+,86+,87+,88-/m1/s1. The van der Waals surface area contributed by atoms with E-state index in [-0.39, 0.29) is 91.8 Å². The molecule has 636 valence electrons. The van der Waals surface area contributed by atoms with E-state index in [0.717, 1.165) is 18.5 Å². The zero-order valence-corrected chi connectivity index (χ0v) is 70.7. The molecule has 21 atom stereocenters. The molecule has 2 saturated carbocycles.